The lowest BCUT2D eigenvalue weighted by Gasteiger charge is -2.25. The summed E-state index contributed by atoms with van der Waals surface area (Å²) in [5.41, 5.74) is 26.6. The highest BCUT2D eigenvalue weighted by molar-refractivity contribution is 6.36. The van der Waals surface area contributed by atoms with Crippen LogP contribution in [0.15, 0.2) is 194 Å². The zero-order chi connectivity index (χ0) is 50.3. The van der Waals surface area contributed by atoms with Gasteiger partial charge in [-0.1, -0.05) is 250 Å². The lowest BCUT2D eigenvalue weighted by atomic mass is 9.78. The molecule has 0 amide bonds. The molecule has 0 atom stereocenters. The van der Waals surface area contributed by atoms with E-state index in [1.807, 2.05) is 0 Å². The highest BCUT2D eigenvalue weighted by Crippen LogP contribution is 2.62. The smallest absolute Gasteiger partial charge is 0.000709 e. The van der Waals surface area contributed by atoms with Crippen molar-refractivity contribution in [2.24, 2.45) is 0 Å². The van der Waals surface area contributed by atoms with Gasteiger partial charge in [-0.3, -0.25) is 0 Å². The Balaban J connectivity index is 1.24. The standard InChI is InChI=1S/C74H60/c1-41(2)49-33-53-35-51(43(5)6)39-61-63(53)59(37-49)71-65(45-21-13-9-14-22-45)57-31-29-56-55(69(57)67(73(61)71)47-25-17-11-18-26-47)30-32-58-66(46-23-15-10-16-24-46)72-60-38-50(42(3)4)34-54-36-52(44(7)8)40-62(64(54)60)74(72)68(70(56)58)48-27-19-12-20-28-48/h9-44H,1-8H3. The van der Waals surface area contributed by atoms with Crippen LogP contribution >= 0.6 is 0 Å². The zero-order valence-electron chi connectivity index (χ0n) is 43.8. The molecule has 0 aliphatic heterocycles. The van der Waals surface area contributed by atoms with Gasteiger partial charge in [0.05, 0.1) is 0 Å². The monoisotopic (exact) mass is 948 g/mol. The lowest BCUT2D eigenvalue weighted by molar-refractivity contribution is 0.865. The molecule has 356 valence electrons. The van der Waals surface area contributed by atoms with Crippen molar-refractivity contribution in [3.05, 3.63) is 216 Å². The highest BCUT2D eigenvalue weighted by atomic mass is 14.4. The quantitative estimate of drug-likeness (QED) is 0.133. The van der Waals surface area contributed by atoms with Gasteiger partial charge >= 0.3 is 0 Å². The van der Waals surface area contributed by atoms with Gasteiger partial charge in [-0.25, -0.2) is 0 Å². The van der Waals surface area contributed by atoms with E-state index in [1.165, 1.54) is 165 Å². The van der Waals surface area contributed by atoms with Crippen molar-refractivity contribution in [3.8, 4) is 89.0 Å². The highest BCUT2D eigenvalue weighted by Gasteiger charge is 2.35. The molecule has 0 heteroatoms. The molecule has 74 heavy (non-hydrogen) atoms. The predicted molar refractivity (Wildman–Crippen MR) is 321 cm³/mol. The van der Waals surface area contributed by atoms with Crippen molar-refractivity contribution in [2.45, 2.75) is 79.1 Å². The van der Waals surface area contributed by atoms with E-state index in [1.54, 1.807) is 0 Å². The largest absolute Gasteiger partial charge is 0.0622 e. The first-order chi connectivity index (χ1) is 36.0. The second kappa shape index (κ2) is 16.7. The summed E-state index contributed by atoms with van der Waals surface area (Å²) in [6.07, 6.45) is 0. The molecule has 12 aromatic carbocycles. The average Bonchev–Trinajstić information content (AvgIpc) is 4.11. The Bertz CT molecular complexity index is 4010. The number of fused-ring (bicyclic) bond motifs is 11. The summed E-state index contributed by atoms with van der Waals surface area (Å²) in [5, 5.41) is 13.2. The minimum absolute atomic E-state index is 0.370. The van der Waals surface area contributed by atoms with Crippen LogP contribution in [-0.2, 0) is 0 Å². The second-order valence-electron chi connectivity index (χ2n) is 22.6. The van der Waals surface area contributed by atoms with E-state index in [9.17, 15) is 0 Å². The molecule has 0 N–H and O–H groups in total. The van der Waals surface area contributed by atoms with Crippen LogP contribution in [0.25, 0.3) is 143 Å². The molecule has 0 spiro atoms. The third-order valence-electron chi connectivity index (χ3n) is 16.9. The molecule has 0 unspecified atom stereocenters. The molecule has 0 radical (unpaired) electrons. The van der Waals surface area contributed by atoms with Crippen LogP contribution in [0.5, 0.6) is 0 Å². The fraction of sp³-hybridized carbons (Fsp3) is 0.162. The van der Waals surface area contributed by atoms with Gasteiger partial charge < -0.3 is 0 Å². The Morgan fingerprint density at radius 2 is 0.459 bits per heavy atom. The number of benzene rings is 12. The van der Waals surface area contributed by atoms with Crippen molar-refractivity contribution >= 4 is 53.9 Å². The Hall–Kier alpha value is -8.06. The van der Waals surface area contributed by atoms with Crippen LogP contribution in [0.2, 0.25) is 0 Å². The van der Waals surface area contributed by atoms with Crippen molar-refractivity contribution in [2.75, 3.05) is 0 Å². The van der Waals surface area contributed by atoms with E-state index in [-0.39, 0.29) is 0 Å². The van der Waals surface area contributed by atoms with Crippen molar-refractivity contribution in [1.82, 2.24) is 0 Å². The molecule has 0 heterocycles. The van der Waals surface area contributed by atoms with Gasteiger partial charge in [0, 0.05) is 0 Å². The SMILES string of the molecule is CC(C)c1cc2c3c(cc(C(C)C)cc3c1)-c1c-2c(-c2ccccc2)c2ccc3c(ccc4c(-c5ccccc5)c5c(c(-c6ccccc6)c43)-c3cc(C(C)C)cc4cc(C(C)C)cc-5c34)c2c1-c1ccccc1. The molecule has 0 aromatic heterocycles. The second-order valence-corrected chi connectivity index (χ2v) is 22.6. The van der Waals surface area contributed by atoms with Crippen LogP contribution in [0.1, 0.15) is 101 Å². The van der Waals surface area contributed by atoms with Crippen LogP contribution in [-0.4, -0.2) is 0 Å². The summed E-state index contributed by atoms with van der Waals surface area (Å²) in [6, 6.07) is 75.3. The maximum absolute atomic E-state index is 2.54. The van der Waals surface area contributed by atoms with Crippen molar-refractivity contribution < 1.29 is 0 Å². The topological polar surface area (TPSA) is 0 Å². The molecule has 0 saturated heterocycles. The molecule has 0 saturated carbocycles. The van der Waals surface area contributed by atoms with Crippen LogP contribution in [0.3, 0.4) is 0 Å². The Labute approximate surface area is 436 Å². The first-order valence-corrected chi connectivity index (χ1v) is 27.1. The van der Waals surface area contributed by atoms with E-state index in [0.29, 0.717) is 23.7 Å². The zero-order valence-corrected chi connectivity index (χ0v) is 43.8. The normalized spacial score (nSPS) is 12.5. The Morgan fingerprint density at radius 3 is 0.730 bits per heavy atom. The lowest BCUT2D eigenvalue weighted by Crippen LogP contribution is -1.97. The van der Waals surface area contributed by atoms with E-state index < -0.39 is 0 Å². The molecule has 0 fully saturated rings. The number of hydrogen-bond donors (Lipinski definition) is 0. The molecule has 0 bridgehead atoms. The molecule has 0 nitrogen and oxygen atoms in total. The third kappa shape index (κ3) is 6.46. The summed E-state index contributed by atoms with van der Waals surface area (Å²) in [4.78, 5) is 0. The van der Waals surface area contributed by atoms with Crippen molar-refractivity contribution in [1.29, 1.82) is 0 Å². The van der Waals surface area contributed by atoms with Crippen LogP contribution < -0.4 is 0 Å². The van der Waals surface area contributed by atoms with Gasteiger partial charge in [0.1, 0.15) is 0 Å². The fourth-order valence-electron chi connectivity index (χ4n) is 13.3. The summed E-state index contributed by atoms with van der Waals surface area (Å²) in [7, 11) is 0. The van der Waals surface area contributed by atoms with Crippen LogP contribution in [0.4, 0.5) is 0 Å². The molecular weight excluding hydrogens is 889 g/mol. The summed E-state index contributed by atoms with van der Waals surface area (Å²) in [6.45, 7) is 18.8. The number of hydrogen-bond acceptors (Lipinski definition) is 0. The first kappa shape index (κ1) is 44.6. The van der Waals surface area contributed by atoms with E-state index >= 15 is 0 Å². The Morgan fingerprint density at radius 1 is 0.216 bits per heavy atom. The maximum Gasteiger partial charge on any atom is -0.000709 e. The van der Waals surface area contributed by atoms with Gasteiger partial charge in [0.15, 0.2) is 0 Å². The maximum atomic E-state index is 2.54. The predicted octanol–water partition coefficient (Wildman–Crippen LogP) is 21.9. The molecule has 2 aliphatic rings. The van der Waals surface area contributed by atoms with E-state index in [4.69, 9.17) is 0 Å². The minimum Gasteiger partial charge on any atom is -0.0622 e. The third-order valence-corrected chi connectivity index (χ3v) is 16.9. The van der Waals surface area contributed by atoms with Gasteiger partial charge in [0.2, 0.25) is 0 Å². The van der Waals surface area contributed by atoms with E-state index in [0.717, 1.165) is 0 Å². The summed E-state index contributed by atoms with van der Waals surface area (Å²) < 4.78 is 0. The van der Waals surface area contributed by atoms with Gasteiger partial charge in [-0.2, -0.15) is 0 Å². The Kier molecular flexibility index (Phi) is 10.1. The first-order valence-electron chi connectivity index (χ1n) is 27.1. The van der Waals surface area contributed by atoms with Gasteiger partial charge in [-0.05, 0) is 189 Å². The van der Waals surface area contributed by atoms with Gasteiger partial charge in [0.25, 0.3) is 0 Å². The number of rotatable bonds is 8. The summed E-state index contributed by atoms with van der Waals surface area (Å²) >= 11 is 0. The summed E-state index contributed by atoms with van der Waals surface area (Å²) in [5.74, 6) is 1.50. The molecule has 12 aromatic rings. The molecule has 2 aliphatic carbocycles. The van der Waals surface area contributed by atoms with Crippen molar-refractivity contribution in [3.63, 3.8) is 0 Å². The van der Waals surface area contributed by atoms with Crippen LogP contribution in [0, 0.1) is 0 Å². The molecular formula is C74H60. The average molecular weight is 949 g/mol. The molecule has 14 rings (SSSR count). The fourth-order valence-corrected chi connectivity index (χ4v) is 13.3. The minimum atomic E-state index is 0.370. The van der Waals surface area contributed by atoms with Gasteiger partial charge in [-0.15, -0.1) is 0 Å². The van der Waals surface area contributed by atoms with E-state index in [2.05, 4.69) is 250 Å².